The van der Waals surface area contributed by atoms with Crippen molar-refractivity contribution in [2.45, 2.75) is 44.4 Å². The molecule has 3 amide bonds. The van der Waals surface area contributed by atoms with Crippen LogP contribution in [0.5, 0.6) is 5.75 Å². The third kappa shape index (κ3) is 7.88. The van der Waals surface area contributed by atoms with E-state index in [0.29, 0.717) is 71.4 Å². The van der Waals surface area contributed by atoms with E-state index < -0.39 is 23.7 Å². The fourth-order valence-electron chi connectivity index (χ4n) is 6.55. The number of amides is 3. The summed E-state index contributed by atoms with van der Waals surface area (Å²) >= 11 is 1.23. The van der Waals surface area contributed by atoms with Crippen molar-refractivity contribution in [1.82, 2.24) is 20.2 Å². The van der Waals surface area contributed by atoms with Gasteiger partial charge in [-0.2, -0.15) is 13.2 Å². The lowest BCUT2D eigenvalue weighted by Crippen LogP contribution is -2.52. The lowest BCUT2D eigenvalue weighted by atomic mass is 10.00. The molecular formula is C39H36F3N5O5S. The van der Waals surface area contributed by atoms with Crippen LogP contribution in [0.2, 0.25) is 0 Å². The van der Waals surface area contributed by atoms with E-state index >= 15 is 0 Å². The highest BCUT2D eigenvalue weighted by Crippen LogP contribution is 2.42. The Bertz CT molecular complexity index is 2190. The first-order valence-electron chi connectivity index (χ1n) is 17.2. The minimum atomic E-state index is -4.57. The van der Waals surface area contributed by atoms with Crippen molar-refractivity contribution in [1.29, 1.82) is 0 Å². The number of hydrogen-bond donors (Lipinski definition) is 1. The van der Waals surface area contributed by atoms with Gasteiger partial charge >= 0.3 is 6.18 Å². The molecule has 2 aromatic heterocycles. The number of ether oxygens (including phenoxy) is 2. The Hall–Kier alpha value is -5.34. The summed E-state index contributed by atoms with van der Waals surface area (Å²) in [5.74, 6) is 0.292. The SMILES string of the molecule is CN(C)c1ccc(-c2ccc(-c3nc4cc(CCCOCCOc5ccc6c(c5)CN(C5CCC(=O)NC5=O)C6=O)ccc4s3)c(C(F)(F)F)c2)cn1. The molecule has 0 saturated carbocycles. The maximum absolute atomic E-state index is 14.3. The number of halogens is 3. The molecule has 2 aliphatic rings. The third-order valence-electron chi connectivity index (χ3n) is 9.29. The van der Waals surface area contributed by atoms with Crippen LogP contribution in [0.4, 0.5) is 19.0 Å². The molecule has 4 heterocycles. The zero-order valence-electron chi connectivity index (χ0n) is 29.0. The van der Waals surface area contributed by atoms with Gasteiger partial charge < -0.3 is 19.3 Å². The van der Waals surface area contributed by atoms with E-state index in [1.54, 1.807) is 42.6 Å². The monoisotopic (exact) mass is 743 g/mol. The number of hydrogen-bond acceptors (Lipinski definition) is 9. The van der Waals surface area contributed by atoms with Gasteiger partial charge in [-0.05, 0) is 84.5 Å². The number of nitrogens with one attached hydrogen (secondary N) is 1. The Kier molecular flexibility index (Phi) is 10.2. The van der Waals surface area contributed by atoms with Gasteiger partial charge in [0.25, 0.3) is 5.91 Å². The molecule has 0 aliphatic carbocycles. The molecule has 1 atom stereocenters. The molecule has 1 saturated heterocycles. The van der Waals surface area contributed by atoms with Crippen LogP contribution in [0, 0.1) is 0 Å². The van der Waals surface area contributed by atoms with Crippen LogP contribution in [0.25, 0.3) is 31.9 Å². The van der Waals surface area contributed by atoms with E-state index in [4.69, 9.17) is 9.47 Å². The Balaban J connectivity index is 0.905. The first-order valence-corrected chi connectivity index (χ1v) is 18.0. The smallest absolute Gasteiger partial charge is 0.417 e. The molecule has 7 rings (SSSR count). The maximum atomic E-state index is 14.3. The van der Waals surface area contributed by atoms with Gasteiger partial charge in [-0.3, -0.25) is 19.7 Å². The minimum Gasteiger partial charge on any atom is -0.491 e. The van der Waals surface area contributed by atoms with E-state index in [0.717, 1.165) is 28.3 Å². The first kappa shape index (κ1) is 36.0. The van der Waals surface area contributed by atoms with Gasteiger partial charge in [0.05, 0.1) is 22.4 Å². The Morgan fingerprint density at radius 1 is 0.943 bits per heavy atom. The van der Waals surface area contributed by atoms with Crippen molar-refractivity contribution in [3.05, 3.63) is 95.2 Å². The fraction of sp³-hybridized carbons (Fsp3) is 0.308. The Morgan fingerprint density at radius 2 is 1.75 bits per heavy atom. The molecule has 3 aromatic carbocycles. The van der Waals surface area contributed by atoms with Crippen LogP contribution in [-0.2, 0) is 33.5 Å². The van der Waals surface area contributed by atoms with Gasteiger partial charge in [-0.15, -0.1) is 11.3 Å². The topological polar surface area (TPSA) is 114 Å². The second-order valence-electron chi connectivity index (χ2n) is 13.2. The average molecular weight is 744 g/mol. The van der Waals surface area contributed by atoms with Crippen LogP contribution in [0.3, 0.4) is 0 Å². The number of alkyl halides is 3. The van der Waals surface area contributed by atoms with E-state index in [9.17, 15) is 27.6 Å². The van der Waals surface area contributed by atoms with E-state index in [2.05, 4.69) is 15.3 Å². The lowest BCUT2D eigenvalue weighted by Gasteiger charge is -2.29. The number of anilines is 1. The Labute approximate surface area is 307 Å². The molecule has 274 valence electrons. The number of aryl methyl sites for hydroxylation is 1. The average Bonchev–Trinajstić information content (AvgIpc) is 3.70. The van der Waals surface area contributed by atoms with Crippen molar-refractivity contribution < 1.29 is 37.0 Å². The summed E-state index contributed by atoms with van der Waals surface area (Å²) in [4.78, 5) is 49.0. The molecule has 14 heteroatoms. The number of pyridine rings is 1. The van der Waals surface area contributed by atoms with Gasteiger partial charge in [0.2, 0.25) is 11.8 Å². The van der Waals surface area contributed by atoms with Crippen molar-refractivity contribution in [2.24, 2.45) is 0 Å². The number of nitrogens with zero attached hydrogens (tertiary/aromatic N) is 4. The van der Waals surface area contributed by atoms with Crippen LogP contribution >= 0.6 is 11.3 Å². The molecule has 1 unspecified atom stereocenters. The standard InChI is InChI=1S/C39H36F3N5O5S/c1-46(2)34-13-7-25(21-43-34)24-6-9-29(30(20-24)39(40,41)42)37-44-31-18-23(5-12-33(31)53-37)4-3-15-51-16-17-52-27-8-10-28-26(19-27)22-47(38(28)50)32-11-14-35(48)45-36(32)49/h5-10,12-13,18-21,32H,3-4,11,14-17,22H2,1-2H3,(H,45,48,49). The highest BCUT2D eigenvalue weighted by atomic mass is 32.1. The van der Waals surface area contributed by atoms with E-state index in [-0.39, 0.29) is 30.3 Å². The first-order chi connectivity index (χ1) is 25.4. The van der Waals surface area contributed by atoms with Gasteiger partial charge in [-0.1, -0.05) is 18.2 Å². The molecule has 5 aromatic rings. The van der Waals surface area contributed by atoms with Gasteiger partial charge in [0.1, 0.15) is 29.2 Å². The van der Waals surface area contributed by atoms with Crippen LogP contribution in [-0.4, -0.2) is 72.5 Å². The maximum Gasteiger partial charge on any atom is 0.417 e. The zero-order chi connectivity index (χ0) is 37.3. The molecule has 0 spiro atoms. The summed E-state index contributed by atoms with van der Waals surface area (Å²) in [7, 11) is 3.70. The third-order valence-corrected chi connectivity index (χ3v) is 10.4. The second kappa shape index (κ2) is 15.0. The normalized spacial score (nSPS) is 15.9. The van der Waals surface area contributed by atoms with Crippen LogP contribution < -0.4 is 15.0 Å². The molecule has 0 radical (unpaired) electrons. The van der Waals surface area contributed by atoms with Crippen molar-refractivity contribution in [3.63, 3.8) is 0 Å². The number of fused-ring (bicyclic) bond motifs is 2. The highest BCUT2D eigenvalue weighted by Gasteiger charge is 2.39. The fourth-order valence-corrected chi connectivity index (χ4v) is 7.53. The number of thiazole rings is 1. The Morgan fingerprint density at radius 3 is 2.51 bits per heavy atom. The van der Waals surface area contributed by atoms with Crippen molar-refractivity contribution in [3.8, 4) is 27.4 Å². The molecule has 0 bridgehead atoms. The predicted octanol–water partition coefficient (Wildman–Crippen LogP) is 6.90. The van der Waals surface area contributed by atoms with Gasteiger partial charge in [0.15, 0.2) is 0 Å². The van der Waals surface area contributed by atoms with E-state index in [1.807, 2.05) is 37.2 Å². The van der Waals surface area contributed by atoms with Crippen molar-refractivity contribution in [2.75, 3.05) is 38.8 Å². The number of imide groups is 1. The minimum absolute atomic E-state index is 0.0417. The second-order valence-corrected chi connectivity index (χ2v) is 14.2. The van der Waals surface area contributed by atoms with Gasteiger partial charge in [0, 0.05) is 56.6 Å². The predicted molar refractivity (Wildman–Crippen MR) is 195 cm³/mol. The highest BCUT2D eigenvalue weighted by molar-refractivity contribution is 7.21. The number of piperidine rings is 1. The number of rotatable bonds is 12. The summed E-state index contributed by atoms with van der Waals surface area (Å²) in [6.07, 6.45) is -1.06. The summed E-state index contributed by atoms with van der Waals surface area (Å²) < 4.78 is 55.4. The largest absolute Gasteiger partial charge is 0.491 e. The summed E-state index contributed by atoms with van der Waals surface area (Å²) in [6.45, 7) is 1.41. The zero-order valence-corrected chi connectivity index (χ0v) is 29.9. The summed E-state index contributed by atoms with van der Waals surface area (Å²) in [5, 5.41) is 2.61. The van der Waals surface area contributed by atoms with Gasteiger partial charge in [-0.25, -0.2) is 9.97 Å². The molecule has 53 heavy (non-hydrogen) atoms. The van der Waals surface area contributed by atoms with Crippen LogP contribution in [0.1, 0.15) is 46.3 Å². The van der Waals surface area contributed by atoms with Crippen LogP contribution in [0.15, 0.2) is 72.9 Å². The number of carbonyl (C=O) groups is 3. The molecular weight excluding hydrogens is 708 g/mol. The number of carbonyl (C=O) groups excluding carboxylic acids is 3. The number of benzene rings is 3. The summed E-state index contributed by atoms with van der Waals surface area (Å²) in [6, 6.07) is 18.2. The quantitative estimate of drug-likeness (QED) is 0.109. The van der Waals surface area contributed by atoms with E-state index in [1.165, 1.54) is 22.3 Å². The summed E-state index contributed by atoms with van der Waals surface area (Å²) in [5.41, 5.74) is 3.26. The molecule has 10 nitrogen and oxygen atoms in total. The number of aromatic nitrogens is 2. The van der Waals surface area contributed by atoms with Crippen molar-refractivity contribution >= 4 is 45.1 Å². The lowest BCUT2D eigenvalue weighted by molar-refractivity contribution is -0.138. The molecule has 1 fully saturated rings. The molecule has 2 aliphatic heterocycles. The molecule has 1 N–H and O–H groups in total.